The van der Waals surface area contributed by atoms with E-state index in [2.05, 4.69) is 5.32 Å². The molecule has 0 aliphatic rings. The first-order valence-corrected chi connectivity index (χ1v) is 10.2. The highest BCUT2D eigenvalue weighted by atomic mass is 16.6. The quantitative estimate of drug-likeness (QED) is 0.303. The second-order valence-corrected chi connectivity index (χ2v) is 7.23. The van der Waals surface area contributed by atoms with Gasteiger partial charge in [-0.05, 0) is 36.4 Å². The molecule has 9 nitrogen and oxygen atoms in total. The Kier molecular flexibility index (Phi) is 6.26. The number of para-hydroxylation sites is 1. The standard InChI is InChI=1S/C25H21N3O6/c1-32-15-9-11-21(23(12-15)28(30)31)27-25(29)19-14-22(26-20-7-5-4-6-17(19)20)18-10-8-16(33-2)13-24(18)34-3/h4-14H,1-3H3,(H,27,29). The van der Waals surface area contributed by atoms with Crippen LogP contribution < -0.4 is 19.5 Å². The largest absolute Gasteiger partial charge is 0.497 e. The molecule has 0 unspecified atom stereocenters. The molecule has 34 heavy (non-hydrogen) atoms. The predicted molar refractivity (Wildman–Crippen MR) is 128 cm³/mol. The molecular weight excluding hydrogens is 438 g/mol. The monoisotopic (exact) mass is 459 g/mol. The molecule has 0 fully saturated rings. The van der Waals surface area contributed by atoms with Crippen LogP contribution in [-0.2, 0) is 0 Å². The smallest absolute Gasteiger partial charge is 0.296 e. The minimum atomic E-state index is -0.573. The van der Waals surface area contributed by atoms with E-state index in [9.17, 15) is 14.9 Å². The van der Waals surface area contributed by atoms with Gasteiger partial charge in [-0.1, -0.05) is 18.2 Å². The average molecular weight is 459 g/mol. The summed E-state index contributed by atoms with van der Waals surface area (Å²) < 4.78 is 15.8. The fourth-order valence-electron chi connectivity index (χ4n) is 3.60. The SMILES string of the molecule is COc1ccc(-c2cc(C(=O)Nc3ccc(OC)cc3[N+](=O)[O-])c3ccccc3n2)c(OC)c1. The molecule has 172 valence electrons. The first kappa shape index (κ1) is 22.5. The molecule has 0 bridgehead atoms. The van der Waals surface area contributed by atoms with Crippen molar-refractivity contribution in [1.29, 1.82) is 0 Å². The first-order chi connectivity index (χ1) is 16.4. The van der Waals surface area contributed by atoms with Gasteiger partial charge in [-0.15, -0.1) is 0 Å². The number of carbonyl (C=O) groups is 1. The fourth-order valence-corrected chi connectivity index (χ4v) is 3.60. The maximum Gasteiger partial charge on any atom is 0.296 e. The molecule has 4 rings (SSSR count). The molecule has 0 aliphatic heterocycles. The van der Waals surface area contributed by atoms with Crippen molar-refractivity contribution in [3.05, 3.63) is 82.4 Å². The van der Waals surface area contributed by atoms with E-state index in [0.29, 0.717) is 45.0 Å². The number of carbonyl (C=O) groups excluding carboxylic acids is 1. The summed E-state index contributed by atoms with van der Waals surface area (Å²) in [5.74, 6) is 0.944. The van der Waals surface area contributed by atoms with Gasteiger partial charge in [0.25, 0.3) is 11.6 Å². The third-order valence-corrected chi connectivity index (χ3v) is 5.30. The molecule has 9 heteroatoms. The summed E-state index contributed by atoms with van der Waals surface area (Å²) in [6, 6.07) is 18.4. The van der Waals surface area contributed by atoms with E-state index in [1.807, 2.05) is 6.07 Å². The maximum absolute atomic E-state index is 13.4. The van der Waals surface area contributed by atoms with E-state index < -0.39 is 10.8 Å². The number of nitro groups is 1. The van der Waals surface area contributed by atoms with Crippen LogP contribution >= 0.6 is 0 Å². The molecule has 1 N–H and O–H groups in total. The molecule has 0 aliphatic carbocycles. The number of hydrogen-bond acceptors (Lipinski definition) is 7. The topological polar surface area (TPSA) is 113 Å². The molecule has 0 saturated carbocycles. The minimum absolute atomic E-state index is 0.0558. The first-order valence-electron chi connectivity index (χ1n) is 10.2. The Hall–Kier alpha value is -4.66. The van der Waals surface area contributed by atoms with Gasteiger partial charge in [0.15, 0.2) is 0 Å². The van der Waals surface area contributed by atoms with E-state index in [-0.39, 0.29) is 11.4 Å². The number of nitrogens with zero attached hydrogens (tertiary/aromatic N) is 2. The number of ether oxygens (including phenoxy) is 3. The van der Waals surface area contributed by atoms with Crippen LogP contribution in [0.2, 0.25) is 0 Å². The Bertz CT molecular complexity index is 1400. The molecule has 0 spiro atoms. The molecule has 0 radical (unpaired) electrons. The summed E-state index contributed by atoms with van der Waals surface area (Å²) in [4.78, 5) is 29.0. The van der Waals surface area contributed by atoms with Crippen LogP contribution in [0, 0.1) is 10.1 Å². The predicted octanol–water partition coefficient (Wildman–Crippen LogP) is 5.09. The fraction of sp³-hybridized carbons (Fsp3) is 0.120. The molecular formula is C25H21N3O6. The Labute approximate surface area is 195 Å². The number of aromatic nitrogens is 1. The van der Waals surface area contributed by atoms with Gasteiger partial charge in [0, 0.05) is 17.0 Å². The van der Waals surface area contributed by atoms with Gasteiger partial charge in [0.2, 0.25) is 0 Å². The number of anilines is 1. The number of pyridine rings is 1. The van der Waals surface area contributed by atoms with Crippen molar-refractivity contribution in [3.8, 4) is 28.5 Å². The Morgan fingerprint density at radius 2 is 1.62 bits per heavy atom. The van der Waals surface area contributed by atoms with Crippen LogP contribution in [0.4, 0.5) is 11.4 Å². The normalized spacial score (nSPS) is 10.6. The number of rotatable bonds is 7. The van der Waals surface area contributed by atoms with E-state index in [0.717, 1.165) is 0 Å². The Balaban J connectivity index is 1.82. The van der Waals surface area contributed by atoms with Crippen molar-refractivity contribution in [1.82, 2.24) is 4.98 Å². The molecule has 0 saturated heterocycles. The van der Waals surface area contributed by atoms with Gasteiger partial charge in [-0.3, -0.25) is 14.9 Å². The Morgan fingerprint density at radius 3 is 2.32 bits per heavy atom. The number of amides is 1. The van der Waals surface area contributed by atoms with Gasteiger partial charge < -0.3 is 19.5 Å². The zero-order valence-corrected chi connectivity index (χ0v) is 18.7. The molecule has 3 aromatic carbocycles. The summed E-state index contributed by atoms with van der Waals surface area (Å²) >= 11 is 0. The van der Waals surface area contributed by atoms with E-state index >= 15 is 0 Å². The summed E-state index contributed by atoms with van der Waals surface area (Å²) in [7, 11) is 4.51. The van der Waals surface area contributed by atoms with Crippen LogP contribution in [0.15, 0.2) is 66.7 Å². The lowest BCUT2D eigenvalue weighted by molar-refractivity contribution is -0.384. The molecule has 0 atom stereocenters. The van der Waals surface area contributed by atoms with Gasteiger partial charge in [-0.2, -0.15) is 0 Å². The average Bonchev–Trinajstić information content (AvgIpc) is 2.87. The van der Waals surface area contributed by atoms with Crippen molar-refractivity contribution < 1.29 is 23.9 Å². The number of nitrogens with one attached hydrogen (secondary N) is 1. The highest BCUT2D eigenvalue weighted by Gasteiger charge is 2.21. The number of benzene rings is 3. The van der Waals surface area contributed by atoms with E-state index in [1.165, 1.54) is 26.4 Å². The summed E-state index contributed by atoms with van der Waals surface area (Å²) in [5.41, 5.74) is 1.85. The van der Waals surface area contributed by atoms with Crippen molar-refractivity contribution in [2.75, 3.05) is 26.6 Å². The molecule has 1 heterocycles. The minimum Gasteiger partial charge on any atom is -0.497 e. The summed E-state index contributed by atoms with van der Waals surface area (Å²) in [5, 5.41) is 14.8. The Morgan fingerprint density at radius 1 is 0.912 bits per heavy atom. The van der Waals surface area contributed by atoms with Crippen LogP contribution in [0.3, 0.4) is 0 Å². The zero-order chi connectivity index (χ0) is 24.2. The summed E-state index contributed by atoms with van der Waals surface area (Å²) in [6.07, 6.45) is 0. The molecule has 1 aromatic heterocycles. The number of hydrogen-bond donors (Lipinski definition) is 1. The lowest BCUT2D eigenvalue weighted by Gasteiger charge is -2.13. The van der Waals surface area contributed by atoms with E-state index in [1.54, 1.807) is 55.6 Å². The lowest BCUT2D eigenvalue weighted by atomic mass is 10.0. The third kappa shape index (κ3) is 4.31. The van der Waals surface area contributed by atoms with Crippen LogP contribution in [0.1, 0.15) is 10.4 Å². The highest BCUT2D eigenvalue weighted by Crippen LogP contribution is 2.35. The van der Waals surface area contributed by atoms with Crippen LogP contribution in [-0.4, -0.2) is 37.1 Å². The van der Waals surface area contributed by atoms with Crippen molar-refractivity contribution in [2.45, 2.75) is 0 Å². The van der Waals surface area contributed by atoms with Crippen molar-refractivity contribution in [3.63, 3.8) is 0 Å². The van der Waals surface area contributed by atoms with Crippen molar-refractivity contribution in [2.24, 2.45) is 0 Å². The molecule has 4 aromatic rings. The number of methoxy groups -OCH3 is 3. The summed E-state index contributed by atoms with van der Waals surface area (Å²) in [6.45, 7) is 0. The van der Waals surface area contributed by atoms with Crippen LogP contribution in [0.25, 0.3) is 22.2 Å². The number of nitro benzene ring substituents is 1. The van der Waals surface area contributed by atoms with Gasteiger partial charge >= 0.3 is 0 Å². The third-order valence-electron chi connectivity index (χ3n) is 5.30. The lowest BCUT2D eigenvalue weighted by Crippen LogP contribution is -2.14. The van der Waals surface area contributed by atoms with Gasteiger partial charge in [0.05, 0.1) is 49.1 Å². The second kappa shape index (κ2) is 9.45. The second-order valence-electron chi connectivity index (χ2n) is 7.23. The maximum atomic E-state index is 13.4. The zero-order valence-electron chi connectivity index (χ0n) is 18.7. The van der Waals surface area contributed by atoms with Crippen molar-refractivity contribution >= 4 is 28.2 Å². The van der Waals surface area contributed by atoms with Gasteiger partial charge in [0.1, 0.15) is 22.9 Å². The van der Waals surface area contributed by atoms with Crippen LogP contribution in [0.5, 0.6) is 17.2 Å². The highest BCUT2D eigenvalue weighted by molar-refractivity contribution is 6.13. The number of fused-ring (bicyclic) bond motifs is 1. The van der Waals surface area contributed by atoms with E-state index in [4.69, 9.17) is 19.2 Å². The molecule has 1 amide bonds. The van der Waals surface area contributed by atoms with Gasteiger partial charge in [-0.25, -0.2) is 4.98 Å².